The van der Waals surface area contributed by atoms with Gasteiger partial charge in [-0.3, -0.25) is 0 Å². The molecule has 0 aliphatic carbocycles. The predicted molar refractivity (Wildman–Crippen MR) is 76.0 cm³/mol. The van der Waals surface area contributed by atoms with E-state index in [9.17, 15) is 4.39 Å². The third-order valence-corrected chi connectivity index (χ3v) is 3.70. The van der Waals surface area contributed by atoms with Gasteiger partial charge in [0.2, 0.25) is 5.95 Å². The van der Waals surface area contributed by atoms with Crippen LogP contribution in [0.25, 0.3) is 0 Å². The van der Waals surface area contributed by atoms with Crippen LogP contribution < -0.4 is 10.2 Å². The van der Waals surface area contributed by atoms with Gasteiger partial charge in [0.05, 0.1) is 6.20 Å². The summed E-state index contributed by atoms with van der Waals surface area (Å²) < 4.78 is 13.9. The minimum Gasteiger partial charge on any atom is -0.354 e. The van der Waals surface area contributed by atoms with Crippen molar-refractivity contribution < 1.29 is 4.39 Å². The zero-order chi connectivity index (χ0) is 13.9. The Bertz CT molecular complexity index is 433. The average Bonchev–Trinajstić information content (AvgIpc) is 2.53. The summed E-state index contributed by atoms with van der Waals surface area (Å²) in [6, 6.07) is 0. The summed E-state index contributed by atoms with van der Waals surface area (Å²) in [6.07, 6.45) is 4.58. The van der Waals surface area contributed by atoms with E-state index in [1.807, 2.05) is 11.8 Å². The van der Waals surface area contributed by atoms with Crippen molar-refractivity contribution in [3.8, 4) is 0 Å². The van der Waals surface area contributed by atoms with Crippen LogP contribution in [0, 0.1) is 11.2 Å². The second-order valence-corrected chi connectivity index (χ2v) is 5.90. The Labute approximate surface area is 114 Å². The summed E-state index contributed by atoms with van der Waals surface area (Å²) in [6.45, 7) is 8.97. The van der Waals surface area contributed by atoms with E-state index >= 15 is 0 Å². The SMILES string of the molecule is CCNc1ncc(F)c(N2CCCC(C)(C)CC2)n1. The van der Waals surface area contributed by atoms with Crippen LogP contribution in [-0.4, -0.2) is 29.6 Å². The highest BCUT2D eigenvalue weighted by atomic mass is 19.1. The molecule has 1 aromatic heterocycles. The highest BCUT2D eigenvalue weighted by molar-refractivity contribution is 5.44. The van der Waals surface area contributed by atoms with Crippen molar-refractivity contribution in [1.82, 2.24) is 9.97 Å². The molecule has 0 atom stereocenters. The molecule has 19 heavy (non-hydrogen) atoms. The fourth-order valence-electron chi connectivity index (χ4n) is 2.46. The van der Waals surface area contributed by atoms with Crippen molar-refractivity contribution in [3.63, 3.8) is 0 Å². The second-order valence-electron chi connectivity index (χ2n) is 5.90. The van der Waals surface area contributed by atoms with E-state index in [1.165, 1.54) is 12.6 Å². The van der Waals surface area contributed by atoms with Crippen LogP contribution in [-0.2, 0) is 0 Å². The fraction of sp³-hybridized carbons (Fsp3) is 0.714. The minimum atomic E-state index is -0.332. The Morgan fingerprint density at radius 3 is 2.89 bits per heavy atom. The molecule has 0 bridgehead atoms. The highest BCUT2D eigenvalue weighted by Crippen LogP contribution is 2.31. The standard InChI is InChI=1S/C14H23FN4/c1-4-16-13-17-10-11(15)12(18-13)19-8-5-6-14(2,3)7-9-19/h10H,4-9H2,1-3H3,(H,16,17,18). The monoisotopic (exact) mass is 266 g/mol. The topological polar surface area (TPSA) is 41.1 Å². The lowest BCUT2D eigenvalue weighted by molar-refractivity contribution is 0.325. The number of anilines is 2. The van der Waals surface area contributed by atoms with Gasteiger partial charge < -0.3 is 10.2 Å². The van der Waals surface area contributed by atoms with Crippen LogP contribution in [0.5, 0.6) is 0 Å². The van der Waals surface area contributed by atoms with E-state index in [0.29, 0.717) is 17.2 Å². The average molecular weight is 266 g/mol. The Morgan fingerprint density at radius 1 is 1.37 bits per heavy atom. The summed E-state index contributed by atoms with van der Waals surface area (Å²) in [5.74, 6) is 0.604. The zero-order valence-corrected chi connectivity index (χ0v) is 12.0. The van der Waals surface area contributed by atoms with E-state index in [-0.39, 0.29) is 5.82 Å². The third kappa shape index (κ3) is 3.55. The normalized spacial score (nSPS) is 19.1. The molecule has 1 saturated heterocycles. The van der Waals surface area contributed by atoms with Crippen LogP contribution in [0.2, 0.25) is 0 Å². The number of rotatable bonds is 3. The lowest BCUT2D eigenvalue weighted by Gasteiger charge is -2.24. The first kappa shape index (κ1) is 14.0. The van der Waals surface area contributed by atoms with E-state index in [1.54, 1.807) is 0 Å². The second kappa shape index (κ2) is 5.72. The molecule has 1 fully saturated rings. The Hall–Kier alpha value is -1.39. The number of hydrogen-bond acceptors (Lipinski definition) is 4. The van der Waals surface area contributed by atoms with Gasteiger partial charge in [-0.2, -0.15) is 4.98 Å². The molecule has 0 saturated carbocycles. The Morgan fingerprint density at radius 2 is 2.16 bits per heavy atom. The van der Waals surface area contributed by atoms with Crippen molar-refractivity contribution in [2.24, 2.45) is 5.41 Å². The molecule has 5 heteroatoms. The van der Waals surface area contributed by atoms with Gasteiger partial charge in [-0.1, -0.05) is 13.8 Å². The highest BCUT2D eigenvalue weighted by Gasteiger charge is 2.25. The molecule has 1 aliphatic rings. The molecule has 0 spiro atoms. The molecule has 4 nitrogen and oxygen atoms in total. The molecule has 0 aromatic carbocycles. The molecule has 1 N–H and O–H groups in total. The van der Waals surface area contributed by atoms with Gasteiger partial charge in [0.15, 0.2) is 11.6 Å². The molecular weight excluding hydrogens is 243 g/mol. The quantitative estimate of drug-likeness (QED) is 0.913. The Balaban J connectivity index is 2.18. The maximum absolute atomic E-state index is 13.9. The van der Waals surface area contributed by atoms with Crippen molar-refractivity contribution in [3.05, 3.63) is 12.0 Å². The van der Waals surface area contributed by atoms with Gasteiger partial charge in [-0.25, -0.2) is 9.37 Å². The van der Waals surface area contributed by atoms with Crippen LogP contribution in [0.1, 0.15) is 40.0 Å². The van der Waals surface area contributed by atoms with E-state index in [0.717, 1.165) is 32.5 Å². The number of halogens is 1. The van der Waals surface area contributed by atoms with Gasteiger partial charge in [-0.15, -0.1) is 0 Å². The molecule has 0 unspecified atom stereocenters. The third-order valence-electron chi connectivity index (χ3n) is 3.70. The van der Waals surface area contributed by atoms with Gasteiger partial charge in [0, 0.05) is 19.6 Å². The number of nitrogens with one attached hydrogen (secondary N) is 1. The number of aromatic nitrogens is 2. The summed E-state index contributed by atoms with van der Waals surface area (Å²) in [4.78, 5) is 10.3. The molecule has 0 amide bonds. The van der Waals surface area contributed by atoms with Gasteiger partial charge >= 0.3 is 0 Å². The maximum atomic E-state index is 13.9. The molecule has 2 heterocycles. The summed E-state index contributed by atoms with van der Waals surface area (Å²) in [5, 5.41) is 3.03. The molecular formula is C14H23FN4. The van der Waals surface area contributed by atoms with Crippen molar-refractivity contribution >= 4 is 11.8 Å². The first-order valence-corrected chi connectivity index (χ1v) is 7.03. The van der Waals surface area contributed by atoms with Gasteiger partial charge in [0.1, 0.15) is 0 Å². The van der Waals surface area contributed by atoms with E-state index < -0.39 is 0 Å². The maximum Gasteiger partial charge on any atom is 0.224 e. The van der Waals surface area contributed by atoms with Crippen LogP contribution >= 0.6 is 0 Å². The fourth-order valence-corrected chi connectivity index (χ4v) is 2.46. The summed E-state index contributed by atoms with van der Waals surface area (Å²) >= 11 is 0. The molecule has 106 valence electrons. The van der Waals surface area contributed by atoms with Crippen LogP contribution in [0.3, 0.4) is 0 Å². The van der Waals surface area contributed by atoms with Crippen molar-refractivity contribution in [2.45, 2.75) is 40.0 Å². The van der Waals surface area contributed by atoms with Gasteiger partial charge in [0.25, 0.3) is 0 Å². The van der Waals surface area contributed by atoms with Crippen LogP contribution in [0.15, 0.2) is 6.20 Å². The molecule has 0 radical (unpaired) electrons. The molecule has 1 aromatic rings. The first-order valence-electron chi connectivity index (χ1n) is 7.03. The number of nitrogens with zero attached hydrogens (tertiary/aromatic N) is 3. The smallest absolute Gasteiger partial charge is 0.224 e. The van der Waals surface area contributed by atoms with Gasteiger partial charge in [-0.05, 0) is 31.6 Å². The number of hydrogen-bond donors (Lipinski definition) is 1. The lowest BCUT2D eigenvalue weighted by Crippen LogP contribution is -2.27. The lowest BCUT2D eigenvalue weighted by atomic mass is 9.85. The largest absolute Gasteiger partial charge is 0.354 e. The van der Waals surface area contributed by atoms with E-state index in [4.69, 9.17) is 0 Å². The summed E-state index contributed by atoms with van der Waals surface area (Å²) in [7, 11) is 0. The zero-order valence-electron chi connectivity index (χ0n) is 12.0. The van der Waals surface area contributed by atoms with Crippen LogP contribution in [0.4, 0.5) is 16.2 Å². The Kier molecular flexibility index (Phi) is 4.22. The first-order chi connectivity index (χ1) is 9.02. The minimum absolute atomic E-state index is 0.332. The predicted octanol–water partition coefficient (Wildman–Crippen LogP) is 3.06. The molecule has 1 aliphatic heterocycles. The van der Waals surface area contributed by atoms with Crippen molar-refractivity contribution in [2.75, 3.05) is 29.9 Å². The van der Waals surface area contributed by atoms with Crippen molar-refractivity contribution in [1.29, 1.82) is 0 Å². The summed E-state index contributed by atoms with van der Waals surface area (Å²) in [5.41, 5.74) is 0.336. The molecule has 2 rings (SSSR count). The van der Waals surface area contributed by atoms with E-state index in [2.05, 4.69) is 29.1 Å².